The standard InChI is InChI=1S/C16H25NO3/c1-12(2)15-8-17(14(10-18)11-19)9-16(20-15)13-6-4-3-5-7-13/h3-7,12,14-16,18-19H,8-11H2,1-2H3/t15-,16+/m1/s1. The Morgan fingerprint density at radius 1 is 1.15 bits per heavy atom. The summed E-state index contributed by atoms with van der Waals surface area (Å²) in [5.41, 5.74) is 1.15. The number of aliphatic hydroxyl groups excluding tert-OH is 2. The first-order chi connectivity index (χ1) is 9.65. The van der Waals surface area contributed by atoms with E-state index in [-0.39, 0.29) is 31.5 Å². The van der Waals surface area contributed by atoms with Crippen LogP contribution in [0, 0.1) is 5.92 Å². The normalized spacial score (nSPS) is 24.5. The third-order valence-corrected chi connectivity index (χ3v) is 4.01. The lowest BCUT2D eigenvalue weighted by atomic mass is 10.00. The largest absolute Gasteiger partial charge is 0.395 e. The van der Waals surface area contributed by atoms with Gasteiger partial charge >= 0.3 is 0 Å². The quantitative estimate of drug-likeness (QED) is 0.856. The van der Waals surface area contributed by atoms with Gasteiger partial charge in [0.15, 0.2) is 0 Å². The molecule has 1 aromatic carbocycles. The molecule has 2 atom stereocenters. The van der Waals surface area contributed by atoms with Crippen LogP contribution in [-0.4, -0.2) is 53.6 Å². The van der Waals surface area contributed by atoms with Gasteiger partial charge in [-0.2, -0.15) is 0 Å². The second-order valence-corrected chi connectivity index (χ2v) is 5.79. The zero-order chi connectivity index (χ0) is 14.5. The molecule has 2 N–H and O–H groups in total. The van der Waals surface area contributed by atoms with Crippen molar-refractivity contribution in [2.45, 2.75) is 32.1 Å². The van der Waals surface area contributed by atoms with Gasteiger partial charge in [0.25, 0.3) is 0 Å². The number of rotatable bonds is 5. The van der Waals surface area contributed by atoms with Crippen molar-refractivity contribution in [3.05, 3.63) is 35.9 Å². The average Bonchev–Trinajstić information content (AvgIpc) is 2.49. The fourth-order valence-corrected chi connectivity index (χ4v) is 2.62. The molecule has 1 aromatic rings. The van der Waals surface area contributed by atoms with Crippen LogP contribution < -0.4 is 0 Å². The van der Waals surface area contributed by atoms with Crippen LogP contribution in [0.1, 0.15) is 25.5 Å². The van der Waals surface area contributed by atoms with Gasteiger partial charge in [-0.3, -0.25) is 4.90 Å². The lowest BCUT2D eigenvalue weighted by Gasteiger charge is -2.42. The maximum atomic E-state index is 9.42. The molecule has 0 spiro atoms. The lowest BCUT2D eigenvalue weighted by Crippen LogP contribution is -2.52. The number of benzene rings is 1. The molecule has 20 heavy (non-hydrogen) atoms. The van der Waals surface area contributed by atoms with E-state index in [1.165, 1.54) is 0 Å². The summed E-state index contributed by atoms with van der Waals surface area (Å²) in [7, 11) is 0. The summed E-state index contributed by atoms with van der Waals surface area (Å²) in [6.45, 7) is 5.70. The van der Waals surface area contributed by atoms with Crippen LogP contribution in [-0.2, 0) is 4.74 Å². The molecule has 1 heterocycles. The summed E-state index contributed by atoms with van der Waals surface area (Å²) in [5, 5.41) is 18.8. The van der Waals surface area contributed by atoms with Crippen LogP contribution in [0.5, 0.6) is 0 Å². The highest BCUT2D eigenvalue weighted by molar-refractivity contribution is 5.18. The second-order valence-electron chi connectivity index (χ2n) is 5.79. The second kappa shape index (κ2) is 7.18. The van der Waals surface area contributed by atoms with Crippen LogP contribution in [0.3, 0.4) is 0 Å². The third kappa shape index (κ3) is 3.58. The predicted octanol–water partition coefficient (Wildman–Crippen LogP) is 1.44. The minimum Gasteiger partial charge on any atom is -0.395 e. The number of aliphatic hydroxyl groups is 2. The van der Waals surface area contributed by atoms with E-state index in [1.807, 2.05) is 18.2 Å². The van der Waals surface area contributed by atoms with E-state index in [2.05, 4.69) is 30.9 Å². The monoisotopic (exact) mass is 279 g/mol. The molecule has 0 aromatic heterocycles. The Kier molecular flexibility index (Phi) is 5.54. The van der Waals surface area contributed by atoms with E-state index in [0.717, 1.165) is 12.1 Å². The first kappa shape index (κ1) is 15.4. The van der Waals surface area contributed by atoms with Gasteiger partial charge in [-0.1, -0.05) is 44.2 Å². The van der Waals surface area contributed by atoms with E-state index in [4.69, 9.17) is 4.74 Å². The van der Waals surface area contributed by atoms with Gasteiger partial charge < -0.3 is 14.9 Å². The van der Waals surface area contributed by atoms with Gasteiger partial charge in [0, 0.05) is 13.1 Å². The maximum absolute atomic E-state index is 9.42. The molecule has 0 aliphatic carbocycles. The Bertz CT molecular complexity index is 392. The molecular formula is C16H25NO3. The molecule has 1 fully saturated rings. The summed E-state index contributed by atoms with van der Waals surface area (Å²) >= 11 is 0. The van der Waals surface area contributed by atoms with Crippen molar-refractivity contribution in [2.24, 2.45) is 5.92 Å². The van der Waals surface area contributed by atoms with Crippen molar-refractivity contribution in [3.8, 4) is 0 Å². The van der Waals surface area contributed by atoms with E-state index in [0.29, 0.717) is 12.5 Å². The predicted molar refractivity (Wildman–Crippen MR) is 78.4 cm³/mol. The van der Waals surface area contributed by atoms with Crippen molar-refractivity contribution in [1.82, 2.24) is 4.90 Å². The molecule has 0 radical (unpaired) electrons. The smallest absolute Gasteiger partial charge is 0.0956 e. The molecule has 0 saturated carbocycles. The Morgan fingerprint density at radius 3 is 2.35 bits per heavy atom. The minimum absolute atomic E-state index is 0.00190. The Labute approximate surface area is 121 Å². The fraction of sp³-hybridized carbons (Fsp3) is 0.625. The van der Waals surface area contributed by atoms with E-state index >= 15 is 0 Å². The van der Waals surface area contributed by atoms with Gasteiger partial charge in [-0.25, -0.2) is 0 Å². The maximum Gasteiger partial charge on any atom is 0.0956 e. The highest BCUT2D eigenvalue weighted by atomic mass is 16.5. The molecule has 4 heteroatoms. The first-order valence-corrected chi connectivity index (χ1v) is 7.31. The summed E-state index contributed by atoms with van der Waals surface area (Å²) in [6.07, 6.45) is 0.118. The summed E-state index contributed by atoms with van der Waals surface area (Å²) in [6, 6.07) is 9.95. The SMILES string of the molecule is CC(C)[C@H]1CN(C(CO)CO)C[C@@H](c2ccccc2)O1. The Morgan fingerprint density at radius 2 is 1.80 bits per heavy atom. The van der Waals surface area contributed by atoms with Crippen molar-refractivity contribution >= 4 is 0 Å². The van der Waals surface area contributed by atoms with E-state index < -0.39 is 0 Å². The lowest BCUT2D eigenvalue weighted by molar-refractivity contribution is -0.123. The van der Waals surface area contributed by atoms with Crippen LogP contribution in [0.25, 0.3) is 0 Å². The van der Waals surface area contributed by atoms with Gasteiger partial charge in [-0.05, 0) is 11.5 Å². The highest BCUT2D eigenvalue weighted by Crippen LogP contribution is 2.29. The van der Waals surface area contributed by atoms with Crippen molar-refractivity contribution < 1.29 is 14.9 Å². The van der Waals surface area contributed by atoms with Crippen molar-refractivity contribution in [2.75, 3.05) is 26.3 Å². The molecule has 0 bridgehead atoms. The number of nitrogens with zero attached hydrogens (tertiary/aromatic N) is 1. The highest BCUT2D eigenvalue weighted by Gasteiger charge is 2.33. The zero-order valence-corrected chi connectivity index (χ0v) is 12.3. The number of ether oxygens (including phenoxy) is 1. The molecule has 1 saturated heterocycles. The molecule has 112 valence electrons. The van der Waals surface area contributed by atoms with Crippen LogP contribution >= 0.6 is 0 Å². The number of hydrogen-bond donors (Lipinski definition) is 2. The van der Waals surface area contributed by atoms with Gasteiger partial charge in [0.1, 0.15) is 0 Å². The fourth-order valence-electron chi connectivity index (χ4n) is 2.62. The van der Waals surface area contributed by atoms with Gasteiger partial charge in [0.2, 0.25) is 0 Å². The first-order valence-electron chi connectivity index (χ1n) is 7.31. The summed E-state index contributed by atoms with van der Waals surface area (Å²) in [5.74, 6) is 0.405. The number of morpholine rings is 1. The molecular weight excluding hydrogens is 254 g/mol. The molecule has 0 amide bonds. The van der Waals surface area contributed by atoms with Gasteiger partial charge in [0.05, 0.1) is 31.5 Å². The molecule has 0 unspecified atom stereocenters. The van der Waals surface area contributed by atoms with Crippen LogP contribution in [0.4, 0.5) is 0 Å². The molecule has 1 aliphatic heterocycles. The van der Waals surface area contributed by atoms with Crippen molar-refractivity contribution in [1.29, 1.82) is 0 Å². The Hall–Kier alpha value is -0.940. The van der Waals surface area contributed by atoms with E-state index in [9.17, 15) is 10.2 Å². The van der Waals surface area contributed by atoms with Crippen LogP contribution in [0.15, 0.2) is 30.3 Å². The van der Waals surface area contributed by atoms with Gasteiger partial charge in [-0.15, -0.1) is 0 Å². The topological polar surface area (TPSA) is 52.9 Å². The average molecular weight is 279 g/mol. The zero-order valence-electron chi connectivity index (χ0n) is 12.3. The minimum atomic E-state index is -0.202. The summed E-state index contributed by atoms with van der Waals surface area (Å²) < 4.78 is 6.20. The molecule has 1 aliphatic rings. The van der Waals surface area contributed by atoms with Crippen LogP contribution in [0.2, 0.25) is 0 Å². The number of hydrogen-bond acceptors (Lipinski definition) is 4. The van der Waals surface area contributed by atoms with Crippen molar-refractivity contribution in [3.63, 3.8) is 0 Å². The Balaban J connectivity index is 2.16. The molecule has 2 rings (SSSR count). The molecule has 4 nitrogen and oxygen atoms in total. The van der Waals surface area contributed by atoms with E-state index in [1.54, 1.807) is 0 Å². The summed E-state index contributed by atoms with van der Waals surface area (Å²) in [4.78, 5) is 2.14. The third-order valence-electron chi connectivity index (χ3n) is 4.01.